The maximum atomic E-state index is 12.9. The topological polar surface area (TPSA) is 68.3 Å². The van der Waals surface area contributed by atoms with Crippen LogP contribution in [0.2, 0.25) is 0 Å². The van der Waals surface area contributed by atoms with E-state index < -0.39 is 6.10 Å². The van der Waals surface area contributed by atoms with Gasteiger partial charge in [-0.3, -0.25) is 9.59 Å². The maximum absolute atomic E-state index is 12.9. The fourth-order valence-electron chi connectivity index (χ4n) is 3.28. The summed E-state index contributed by atoms with van der Waals surface area (Å²) in [5.74, 6) is 1.08. The Hall–Kier alpha value is -2.28. The molecule has 1 aromatic rings. The third kappa shape index (κ3) is 3.71. The minimum Gasteiger partial charge on any atom is -0.497 e. The van der Waals surface area contributed by atoms with E-state index in [-0.39, 0.29) is 18.4 Å². The molecule has 0 spiro atoms. The lowest BCUT2D eigenvalue weighted by Crippen LogP contribution is -2.48. The lowest BCUT2D eigenvalue weighted by Gasteiger charge is -2.32. The summed E-state index contributed by atoms with van der Waals surface area (Å²) in [7, 11) is 3.12. The monoisotopic (exact) mass is 348 g/mol. The number of nitrogens with zero attached hydrogens (tertiary/aromatic N) is 2. The molecule has 7 heteroatoms. The quantitative estimate of drug-likeness (QED) is 0.824. The first-order valence-corrected chi connectivity index (χ1v) is 8.57. The Morgan fingerprint density at radius 2 is 2.12 bits per heavy atom. The summed E-state index contributed by atoms with van der Waals surface area (Å²) >= 11 is 0. The second-order valence-electron chi connectivity index (χ2n) is 6.21. The zero-order valence-corrected chi connectivity index (χ0v) is 14.7. The van der Waals surface area contributed by atoms with Crippen molar-refractivity contribution in [3.05, 3.63) is 18.2 Å². The van der Waals surface area contributed by atoms with Gasteiger partial charge in [0, 0.05) is 19.7 Å². The highest BCUT2D eigenvalue weighted by Crippen LogP contribution is 2.35. The van der Waals surface area contributed by atoms with Crippen molar-refractivity contribution in [2.75, 3.05) is 45.4 Å². The number of methoxy groups -OCH3 is 2. The predicted molar refractivity (Wildman–Crippen MR) is 92.1 cm³/mol. The Morgan fingerprint density at radius 3 is 2.88 bits per heavy atom. The summed E-state index contributed by atoms with van der Waals surface area (Å²) in [5.41, 5.74) is 0.682. The van der Waals surface area contributed by atoms with Gasteiger partial charge in [0.2, 0.25) is 5.91 Å². The number of likely N-dealkylation sites (tertiary alicyclic amines) is 1. The summed E-state index contributed by atoms with van der Waals surface area (Å²) < 4.78 is 16.1. The third-order valence-corrected chi connectivity index (χ3v) is 4.67. The molecule has 0 aliphatic carbocycles. The van der Waals surface area contributed by atoms with Crippen LogP contribution in [0.15, 0.2) is 18.2 Å². The van der Waals surface area contributed by atoms with Crippen LogP contribution in [0.1, 0.15) is 19.3 Å². The highest BCUT2D eigenvalue weighted by atomic mass is 16.5. The van der Waals surface area contributed by atoms with Crippen LogP contribution in [0.4, 0.5) is 5.69 Å². The molecule has 136 valence electrons. The summed E-state index contributed by atoms with van der Waals surface area (Å²) in [4.78, 5) is 28.7. The van der Waals surface area contributed by atoms with Gasteiger partial charge in [0.15, 0.2) is 0 Å². The zero-order chi connectivity index (χ0) is 17.8. The number of hydrogen-bond donors (Lipinski definition) is 0. The van der Waals surface area contributed by atoms with E-state index in [0.29, 0.717) is 43.3 Å². The van der Waals surface area contributed by atoms with Gasteiger partial charge in [-0.15, -0.1) is 0 Å². The number of hydrogen-bond acceptors (Lipinski definition) is 5. The van der Waals surface area contributed by atoms with E-state index in [2.05, 4.69) is 0 Å². The minimum atomic E-state index is -0.452. The van der Waals surface area contributed by atoms with E-state index >= 15 is 0 Å². The Labute approximate surface area is 147 Å². The van der Waals surface area contributed by atoms with E-state index in [9.17, 15) is 9.59 Å². The lowest BCUT2D eigenvalue weighted by atomic mass is 10.2. The lowest BCUT2D eigenvalue weighted by molar-refractivity contribution is -0.143. The van der Waals surface area contributed by atoms with Gasteiger partial charge in [0.25, 0.3) is 5.91 Å². The van der Waals surface area contributed by atoms with E-state index in [4.69, 9.17) is 14.2 Å². The van der Waals surface area contributed by atoms with Crippen LogP contribution in [0.5, 0.6) is 11.5 Å². The number of anilines is 1. The molecule has 1 saturated heterocycles. The average Bonchev–Trinajstić information content (AvgIpc) is 2.82. The first kappa shape index (κ1) is 17.5. The predicted octanol–water partition coefficient (Wildman–Crippen LogP) is 1.45. The number of amides is 2. The molecule has 2 amide bonds. The maximum Gasteiger partial charge on any atom is 0.252 e. The number of fused-ring (bicyclic) bond motifs is 1. The molecule has 2 aliphatic rings. The van der Waals surface area contributed by atoms with Crippen molar-refractivity contribution in [1.82, 2.24) is 4.90 Å². The number of ether oxygens (including phenoxy) is 3. The highest BCUT2D eigenvalue weighted by molar-refractivity contribution is 5.98. The number of rotatable bonds is 4. The second-order valence-corrected chi connectivity index (χ2v) is 6.21. The molecule has 7 nitrogen and oxygen atoms in total. The van der Waals surface area contributed by atoms with Gasteiger partial charge in [-0.25, -0.2) is 0 Å². The van der Waals surface area contributed by atoms with E-state index in [0.717, 1.165) is 12.8 Å². The van der Waals surface area contributed by atoms with Crippen molar-refractivity contribution in [3.63, 3.8) is 0 Å². The molecule has 0 saturated carbocycles. The van der Waals surface area contributed by atoms with E-state index in [1.807, 2.05) is 0 Å². The first-order valence-electron chi connectivity index (χ1n) is 8.57. The highest BCUT2D eigenvalue weighted by Gasteiger charge is 2.31. The van der Waals surface area contributed by atoms with Gasteiger partial charge in [0.1, 0.15) is 30.8 Å². The molecule has 0 N–H and O–H groups in total. The molecule has 2 heterocycles. The van der Waals surface area contributed by atoms with Crippen LogP contribution in [-0.4, -0.2) is 63.3 Å². The smallest absolute Gasteiger partial charge is 0.252 e. The van der Waals surface area contributed by atoms with Gasteiger partial charge >= 0.3 is 0 Å². The molecule has 25 heavy (non-hydrogen) atoms. The van der Waals surface area contributed by atoms with E-state index in [1.165, 1.54) is 0 Å². The Bertz CT molecular complexity index is 648. The summed E-state index contributed by atoms with van der Waals surface area (Å²) in [6.45, 7) is 1.52. The molecule has 0 radical (unpaired) electrons. The minimum absolute atomic E-state index is 0.0509. The Balaban J connectivity index is 1.77. The summed E-state index contributed by atoms with van der Waals surface area (Å²) in [6, 6.07) is 5.38. The molecule has 2 aliphatic heterocycles. The summed E-state index contributed by atoms with van der Waals surface area (Å²) in [5, 5.41) is 0. The van der Waals surface area contributed by atoms with Crippen LogP contribution >= 0.6 is 0 Å². The second kappa shape index (κ2) is 7.74. The van der Waals surface area contributed by atoms with Crippen LogP contribution in [0, 0.1) is 0 Å². The molecule has 1 fully saturated rings. The molecule has 1 unspecified atom stereocenters. The normalized spacial score (nSPS) is 20.6. The van der Waals surface area contributed by atoms with Crippen LogP contribution < -0.4 is 14.4 Å². The number of carbonyl (C=O) groups is 2. The number of benzene rings is 1. The molecule has 0 aromatic heterocycles. The molecule has 1 aromatic carbocycles. The fourth-order valence-corrected chi connectivity index (χ4v) is 3.28. The van der Waals surface area contributed by atoms with Crippen LogP contribution in [0.25, 0.3) is 0 Å². The Kier molecular flexibility index (Phi) is 5.43. The van der Waals surface area contributed by atoms with Crippen molar-refractivity contribution in [1.29, 1.82) is 0 Å². The van der Waals surface area contributed by atoms with Gasteiger partial charge in [-0.1, -0.05) is 0 Å². The zero-order valence-electron chi connectivity index (χ0n) is 14.7. The van der Waals surface area contributed by atoms with Gasteiger partial charge in [-0.05, 0) is 31.4 Å². The van der Waals surface area contributed by atoms with Crippen molar-refractivity contribution in [3.8, 4) is 11.5 Å². The van der Waals surface area contributed by atoms with Crippen LogP contribution in [-0.2, 0) is 14.3 Å². The van der Waals surface area contributed by atoms with Gasteiger partial charge in [-0.2, -0.15) is 0 Å². The Morgan fingerprint density at radius 1 is 1.28 bits per heavy atom. The van der Waals surface area contributed by atoms with Crippen LogP contribution in [0.3, 0.4) is 0 Å². The van der Waals surface area contributed by atoms with Crippen molar-refractivity contribution >= 4 is 17.5 Å². The standard InChI is InChI=1S/C18H24N2O5/c1-23-13-6-7-15-14(11-13)20(9-10-25-15)17(21)12-19-8-4-3-5-16(24-2)18(19)22/h6-7,11,16H,3-5,8-10,12H2,1-2H3. The van der Waals surface area contributed by atoms with Crippen molar-refractivity contribution in [2.24, 2.45) is 0 Å². The molecule has 3 rings (SSSR count). The van der Waals surface area contributed by atoms with Crippen molar-refractivity contribution in [2.45, 2.75) is 25.4 Å². The number of carbonyl (C=O) groups excluding carboxylic acids is 2. The average molecular weight is 348 g/mol. The van der Waals surface area contributed by atoms with Crippen molar-refractivity contribution < 1.29 is 23.8 Å². The largest absolute Gasteiger partial charge is 0.497 e. The fraction of sp³-hybridized carbons (Fsp3) is 0.556. The third-order valence-electron chi connectivity index (χ3n) is 4.67. The SMILES string of the molecule is COc1ccc2c(c1)N(C(=O)CN1CCCCC(OC)C1=O)CCO2. The van der Waals surface area contributed by atoms with E-state index in [1.54, 1.807) is 42.2 Å². The van der Waals surface area contributed by atoms with Gasteiger partial charge < -0.3 is 24.0 Å². The molecular formula is C18H24N2O5. The molecular weight excluding hydrogens is 324 g/mol. The molecule has 0 bridgehead atoms. The first-order chi connectivity index (χ1) is 12.1. The summed E-state index contributed by atoms with van der Waals surface area (Å²) in [6.07, 6.45) is 2.06. The molecule has 1 atom stereocenters. The van der Waals surface area contributed by atoms with Gasteiger partial charge in [0.05, 0.1) is 19.3 Å².